The van der Waals surface area contributed by atoms with Gasteiger partial charge in [0.05, 0.1) is 30.6 Å². The Labute approximate surface area is 100 Å². The van der Waals surface area contributed by atoms with E-state index in [-0.39, 0.29) is 18.1 Å². The van der Waals surface area contributed by atoms with Crippen molar-refractivity contribution < 1.29 is 9.53 Å². The maximum Gasteiger partial charge on any atom is 0.274 e. The number of hydrogen-bond donors (Lipinski definition) is 2. The molecule has 1 aliphatic heterocycles. The molecule has 2 rings (SSSR count). The summed E-state index contributed by atoms with van der Waals surface area (Å²) < 4.78 is 5.56. The van der Waals surface area contributed by atoms with Crippen molar-refractivity contribution in [3.8, 4) is 0 Å². The van der Waals surface area contributed by atoms with E-state index in [9.17, 15) is 4.79 Å². The van der Waals surface area contributed by atoms with Gasteiger partial charge in [-0.05, 0) is 13.3 Å². The Hall–Kier alpha value is -1.56. The first-order valence-corrected chi connectivity index (χ1v) is 5.84. The molecule has 0 radical (unpaired) electrons. The molecule has 0 saturated carbocycles. The highest BCUT2D eigenvalue weighted by atomic mass is 16.5. The number of morpholine rings is 1. The highest BCUT2D eigenvalue weighted by Gasteiger charge is 2.31. The summed E-state index contributed by atoms with van der Waals surface area (Å²) in [5.74, 6) is -0.0954. The minimum Gasteiger partial charge on any atom is -0.396 e. The van der Waals surface area contributed by atoms with Crippen LogP contribution in [0.25, 0.3) is 0 Å². The fourth-order valence-electron chi connectivity index (χ4n) is 2.04. The second-order valence-corrected chi connectivity index (χ2v) is 4.36. The minimum atomic E-state index is -0.0954. The van der Waals surface area contributed by atoms with E-state index in [0.29, 0.717) is 24.5 Å². The van der Waals surface area contributed by atoms with Crippen LogP contribution in [0.5, 0.6) is 0 Å². The Bertz CT molecular complexity index is 404. The largest absolute Gasteiger partial charge is 0.396 e. The van der Waals surface area contributed by atoms with Crippen LogP contribution < -0.4 is 5.73 Å². The van der Waals surface area contributed by atoms with E-state index in [1.54, 1.807) is 0 Å². The quantitative estimate of drug-likeness (QED) is 0.791. The van der Waals surface area contributed by atoms with Crippen molar-refractivity contribution in [3.63, 3.8) is 0 Å². The third-order valence-electron chi connectivity index (χ3n) is 3.08. The number of nitrogens with zero attached hydrogens (tertiary/aromatic N) is 2. The van der Waals surface area contributed by atoms with Crippen molar-refractivity contribution in [2.45, 2.75) is 32.4 Å². The lowest BCUT2D eigenvalue weighted by molar-refractivity contribution is -0.0445. The zero-order valence-electron chi connectivity index (χ0n) is 10.1. The Morgan fingerprint density at radius 1 is 1.76 bits per heavy atom. The summed E-state index contributed by atoms with van der Waals surface area (Å²) in [6.45, 7) is 5.18. The molecule has 0 bridgehead atoms. The lowest BCUT2D eigenvalue weighted by atomic mass is 10.1. The van der Waals surface area contributed by atoms with E-state index < -0.39 is 0 Å². The third-order valence-corrected chi connectivity index (χ3v) is 3.08. The Kier molecular flexibility index (Phi) is 3.33. The Morgan fingerprint density at radius 2 is 2.53 bits per heavy atom. The van der Waals surface area contributed by atoms with Crippen LogP contribution in [0.3, 0.4) is 0 Å². The lowest BCUT2D eigenvalue weighted by Crippen LogP contribution is -2.51. The van der Waals surface area contributed by atoms with Gasteiger partial charge in [0.2, 0.25) is 0 Å². The molecular formula is C11H18N4O2. The molecule has 0 spiro atoms. The van der Waals surface area contributed by atoms with Gasteiger partial charge in [0, 0.05) is 6.54 Å². The molecule has 17 heavy (non-hydrogen) atoms. The fourth-order valence-corrected chi connectivity index (χ4v) is 2.04. The molecule has 0 aliphatic carbocycles. The zero-order valence-corrected chi connectivity index (χ0v) is 10.1. The fraction of sp³-hybridized carbons (Fsp3) is 0.636. The summed E-state index contributed by atoms with van der Waals surface area (Å²) in [6.07, 6.45) is 2.38. The summed E-state index contributed by atoms with van der Waals surface area (Å²) in [5.41, 5.74) is 6.46. The van der Waals surface area contributed by atoms with Gasteiger partial charge in [-0.15, -0.1) is 0 Å². The van der Waals surface area contributed by atoms with Crippen molar-refractivity contribution in [2.75, 3.05) is 18.9 Å². The van der Waals surface area contributed by atoms with E-state index in [4.69, 9.17) is 10.5 Å². The second kappa shape index (κ2) is 4.75. The number of ether oxygens (including phenoxy) is 1. The number of carbonyl (C=O) groups excluding carboxylic acids is 1. The number of hydrogen-bond acceptors (Lipinski definition) is 4. The number of nitrogens with two attached hydrogens (primary N) is 1. The molecular weight excluding hydrogens is 220 g/mol. The number of amides is 1. The maximum atomic E-state index is 12.3. The molecule has 1 aromatic heterocycles. The highest BCUT2D eigenvalue weighted by Crippen LogP contribution is 2.19. The normalized spacial score (nSPS) is 24.9. The molecule has 1 aromatic rings. The molecule has 1 amide bonds. The van der Waals surface area contributed by atoms with Crippen LogP contribution in [-0.4, -0.2) is 46.3 Å². The predicted octanol–water partition coefficient (Wildman–Crippen LogP) is 0.631. The summed E-state index contributed by atoms with van der Waals surface area (Å²) in [4.78, 5) is 14.1. The molecule has 3 N–H and O–H groups in total. The molecule has 94 valence electrons. The minimum absolute atomic E-state index is 0.0610. The molecule has 1 aliphatic rings. The van der Waals surface area contributed by atoms with E-state index in [2.05, 4.69) is 10.2 Å². The average Bonchev–Trinajstić information content (AvgIpc) is 2.74. The number of H-pyrrole nitrogens is 1. The summed E-state index contributed by atoms with van der Waals surface area (Å²) in [5, 5.41) is 6.43. The van der Waals surface area contributed by atoms with Crippen LogP contribution in [0.15, 0.2) is 6.20 Å². The maximum absolute atomic E-state index is 12.3. The molecule has 6 heteroatoms. The molecule has 0 aromatic carbocycles. The van der Waals surface area contributed by atoms with Crippen LogP contribution in [0.1, 0.15) is 30.8 Å². The number of aromatic nitrogens is 2. The van der Waals surface area contributed by atoms with Gasteiger partial charge in [0.25, 0.3) is 5.91 Å². The van der Waals surface area contributed by atoms with Gasteiger partial charge in [-0.2, -0.15) is 5.10 Å². The molecule has 6 nitrogen and oxygen atoms in total. The first-order chi connectivity index (χ1) is 8.13. The van der Waals surface area contributed by atoms with E-state index in [0.717, 1.165) is 6.42 Å². The average molecular weight is 238 g/mol. The Morgan fingerprint density at radius 3 is 3.12 bits per heavy atom. The molecule has 1 fully saturated rings. The van der Waals surface area contributed by atoms with Crippen LogP contribution in [0.2, 0.25) is 0 Å². The van der Waals surface area contributed by atoms with Crippen molar-refractivity contribution in [3.05, 3.63) is 11.9 Å². The topological polar surface area (TPSA) is 84.2 Å². The number of rotatable bonds is 2. The zero-order chi connectivity index (χ0) is 12.4. The summed E-state index contributed by atoms with van der Waals surface area (Å²) in [6, 6.07) is 0.112. The van der Waals surface area contributed by atoms with Crippen LogP contribution >= 0.6 is 0 Å². The van der Waals surface area contributed by atoms with Gasteiger partial charge >= 0.3 is 0 Å². The smallest absolute Gasteiger partial charge is 0.274 e. The van der Waals surface area contributed by atoms with Crippen LogP contribution in [0.4, 0.5) is 5.69 Å². The molecule has 2 heterocycles. The first-order valence-electron chi connectivity index (χ1n) is 5.84. The van der Waals surface area contributed by atoms with Crippen molar-refractivity contribution in [2.24, 2.45) is 0 Å². The SMILES string of the molecule is CCC1COC(C)CN1C(=O)c1[nH]ncc1N. The monoisotopic (exact) mass is 238 g/mol. The lowest BCUT2D eigenvalue weighted by Gasteiger charge is -2.38. The number of anilines is 1. The number of aromatic amines is 1. The first kappa shape index (κ1) is 11.9. The predicted molar refractivity (Wildman–Crippen MR) is 63.5 cm³/mol. The van der Waals surface area contributed by atoms with Gasteiger partial charge < -0.3 is 15.4 Å². The van der Waals surface area contributed by atoms with Crippen molar-refractivity contribution in [1.82, 2.24) is 15.1 Å². The van der Waals surface area contributed by atoms with Crippen LogP contribution in [-0.2, 0) is 4.74 Å². The molecule has 1 saturated heterocycles. The van der Waals surface area contributed by atoms with E-state index >= 15 is 0 Å². The van der Waals surface area contributed by atoms with Gasteiger partial charge in [-0.25, -0.2) is 0 Å². The second-order valence-electron chi connectivity index (χ2n) is 4.36. The molecule has 2 unspecified atom stereocenters. The van der Waals surface area contributed by atoms with Crippen molar-refractivity contribution in [1.29, 1.82) is 0 Å². The standard InChI is InChI=1S/C11H18N4O2/c1-3-8-6-17-7(2)5-15(8)11(16)10-9(12)4-13-14-10/h4,7-8H,3,5-6,12H2,1-2H3,(H,13,14). The van der Waals surface area contributed by atoms with Crippen LogP contribution in [0, 0.1) is 0 Å². The summed E-state index contributed by atoms with van der Waals surface area (Å²) >= 11 is 0. The number of nitrogens with one attached hydrogen (secondary N) is 1. The van der Waals surface area contributed by atoms with Crippen molar-refractivity contribution >= 4 is 11.6 Å². The van der Waals surface area contributed by atoms with Gasteiger partial charge in [-0.3, -0.25) is 9.89 Å². The number of carbonyl (C=O) groups is 1. The third kappa shape index (κ3) is 2.26. The van der Waals surface area contributed by atoms with E-state index in [1.165, 1.54) is 6.20 Å². The van der Waals surface area contributed by atoms with Gasteiger partial charge in [0.1, 0.15) is 5.69 Å². The van der Waals surface area contributed by atoms with Gasteiger partial charge in [-0.1, -0.05) is 6.92 Å². The highest BCUT2D eigenvalue weighted by molar-refractivity contribution is 5.97. The van der Waals surface area contributed by atoms with Gasteiger partial charge in [0.15, 0.2) is 0 Å². The summed E-state index contributed by atoms with van der Waals surface area (Å²) in [7, 11) is 0. The number of nitrogen functional groups attached to an aromatic ring is 1. The molecule has 2 atom stereocenters. The Balaban J connectivity index is 2.19. The van der Waals surface area contributed by atoms with E-state index in [1.807, 2.05) is 18.7 Å².